The molecule has 1 rings (SSSR count). The van der Waals surface area contributed by atoms with E-state index in [-0.39, 0.29) is 20.2 Å². The molecule has 0 spiro atoms. The number of rotatable bonds is 0. The zero-order valence-corrected chi connectivity index (χ0v) is 17.9. The fourth-order valence-corrected chi connectivity index (χ4v) is 0.675. The van der Waals surface area contributed by atoms with Crippen molar-refractivity contribution in [2.75, 3.05) is 0 Å². The van der Waals surface area contributed by atoms with E-state index in [1.54, 1.807) is 0 Å². The Labute approximate surface area is 162 Å². The topological polar surface area (TPSA) is 57.5 Å². The van der Waals surface area contributed by atoms with Crippen molar-refractivity contribution in [1.29, 1.82) is 0 Å². The number of benzene rings is 1. The van der Waals surface area contributed by atoms with Crippen LogP contribution >= 0.6 is 9.24 Å². The van der Waals surface area contributed by atoms with Crippen molar-refractivity contribution in [3.05, 3.63) is 42.2 Å². The average molecular weight is 441 g/mol. The van der Waals surface area contributed by atoms with Gasteiger partial charge in [-0.2, -0.15) is 41.5 Å². The Morgan fingerprint density at radius 2 is 0.920 bits per heavy atom. The third kappa shape index (κ3) is 189. The third-order valence-corrected chi connectivity index (χ3v) is 1.18. The Morgan fingerprint density at radius 1 is 0.760 bits per heavy atom. The van der Waals surface area contributed by atoms with E-state index in [2.05, 4.69) is 50.8 Å². The van der Waals surface area contributed by atoms with Gasteiger partial charge in [-0.1, -0.05) is 39.4 Å². The normalized spacial score (nSPS) is 6.04. The Kier molecular flexibility index (Phi) is 147. The van der Waals surface area contributed by atoms with Crippen LogP contribution in [0.2, 0.25) is 0 Å². The molecule has 1 aromatic rings. The van der Waals surface area contributed by atoms with Crippen LogP contribution in [0.5, 0.6) is 0 Å². The van der Waals surface area contributed by atoms with Crippen molar-refractivity contribution >= 4 is 14.5 Å². The van der Waals surface area contributed by atoms with Gasteiger partial charge < -0.3 is 11.8 Å². The van der Waals surface area contributed by atoms with E-state index in [4.69, 9.17) is 23.0 Å². The molecule has 0 aliphatic rings. The monoisotopic (exact) mass is 441 g/mol. The SMILES string of the molecule is C[C-](C)C.C[C-](C)C.F.F.F.F.OF.OF.Pc1ccccc1.[H+].[O]=[Ti+2]. The number of hydrogen-bond donors (Lipinski definition) is 2. The Bertz CT molecular complexity index is 246. The standard InChI is InChI=1S/C6H7P.2C4H9.2FHO.4FH.O.Ti/c7-6-4-2-1-3-5-6;2*1-4(2)3;2*1-2;;;;;;/h1-5H,7H2;2*1-3H3;2*2H;4*1H;;/q;2*-1;;;;;;;;+2/p+1. The van der Waals surface area contributed by atoms with E-state index >= 15 is 0 Å². The fraction of sp³-hybridized carbons (Fsp3) is 0.429. The molecular weight excluding hydrogens is 409 g/mol. The van der Waals surface area contributed by atoms with Gasteiger partial charge in [0, 0.05) is 0 Å². The van der Waals surface area contributed by atoms with Gasteiger partial charge in [0.25, 0.3) is 0 Å². The van der Waals surface area contributed by atoms with E-state index < -0.39 is 0 Å². The van der Waals surface area contributed by atoms with Crippen LogP contribution in [0, 0.1) is 11.8 Å². The fourth-order valence-electron chi connectivity index (χ4n) is 0.453. The van der Waals surface area contributed by atoms with Gasteiger partial charge in [-0.3, -0.25) is 18.8 Å². The summed E-state index contributed by atoms with van der Waals surface area (Å²) in [7, 11) is 2.63. The molecular formula is C14H32F6O3PTi+. The van der Waals surface area contributed by atoms with Crippen LogP contribution in [-0.4, -0.2) is 10.6 Å². The Balaban J connectivity index is -0.0000000153. The first-order chi connectivity index (χ1) is 9.86. The summed E-state index contributed by atoms with van der Waals surface area (Å²) < 4.78 is 25.2. The molecule has 0 aromatic heterocycles. The maximum atomic E-state index is 8.50. The summed E-state index contributed by atoms with van der Waals surface area (Å²) in [4.78, 5) is 0. The van der Waals surface area contributed by atoms with E-state index in [0.29, 0.717) is 0 Å². The molecule has 2 N–H and O–H groups in total. The second-order valence-electron chi connectivity index (χ2n) is 4.41. The summed E-state index contributed by atoms with van der Waals surface area (Å²) >= 11 is 0.750. The molecule has 0 amide bonds. The van der Waals surface area contributed by atoms with Crippen LogP contribution in [0.25, 0.3) is 0 Å². The second kappa shape index (κ2) is 65.1. The average Bonchev–Trinajstić information content (AvgIpc) is 2.45. The van der Waals surface area contributed by atoms with Crippen LogP contribution in [0.3, 0.4) is 0 Å². The minimum absolute atomic E-state index is 0. The molecule has 0 fully saturated rings. The summed E-state index contributed by atoms with van der Waals surface area (Å²) in [6.07, 6.45) is 0. The second-order valence-corrected chi connectivity index (χ2v) is 5.08. The van der Waals surface area contributed by atoms with Crippen LogP contribution in [0.1, 0.15) is 43.0 Å². The Hall–Kier alpha value is -0.336. The molecule has 25 heavy (non-hydrogen) atoms. The molecule has 0 bridgehead atoms. The van der Waals surface area contributed by atoms with Crippen molar-refractivity contribution in [2.24, 2.45) is 0 Å². The van der Waals surface area contributed by atoms with Gasteiger partial charge in [0.1, 0.15) is 0 Å². The molecule has 0 aliphatic heterocycles. The Morgan fingerprint density at radius 3 is 1.00 bits per heavy atom. The molecule has 156 valence electrons. The van der Waals surface area contributed by atoms with E-state index in [0.717, 1.165) is 20.4 Å². The van der Waals surface area contributed by atoms with Gasteiger partial charge in [-0.05, 0) is 5.30 Å². The van der Waals surface area contributed by atoms with Crippen LogP contribution in [0.4, 0.5) is 27.9 Å². The number of halogens is 6. The molecule has 3 nitrogen and oxygen atoms in total. The molecule has 0 aliphatic carbocycles. The third-order valence-electron chi connectivity index (χ3n) is 0.800. The van der Waals surface area contributed by atoms with Gasteiger partial charge in [0.15, 0.2) is 0 Å². The predicted octanol–water partition coefficient (Wildman–Crippen LogP) is 4.76. The van der Waals surface area contributed by atoms with Gasteiger partial charge >= 0.3 is 25.2 Å². The van der Waals surface area contributed by atoms with Crippen molar-refractivity contribution in [3.8, 4) is 0 Å². The van der Waals surface area contributed by atoms with Crippen molar-refractivity contribution in [3.63, 3.8) is 0 Å². The van der Waals surface area contributed by atoms with Crippen molar-refractivity contribution in [1.82, 2.24) is 0 Å². The van der Waals surface area contributed by atoms with Crippen LogP contribution < -0.4 is 5.30 Å². The molecule has 0 heterocycles. The molecule has 1 aromatic carbocycles. The zero-order valence-electron chi connectivity index (χ0n) is 16.2. The molecule has 11 heteroatoms. The summed E-state index contributed by atoms with van der Waals surface area (Å²) in [6, 6.07) is 10.1. The predicted molar refractivity (Wildman–Crippen MR) is 94.8 cm³/mol. The number of hydrogen-bond acceptors (Lipinski definition) is 3. The van der Waals surface area contributed by atoms with Crippen LogP contribution in [0.15, 0.2) is 30.3 Å². The summed E-state index contributed by atoms with van der Waals surface area (Å²) in [5.74, 6) is 2.83. The molecule has 0 radical (unpaired) electrons. The van der Waals surface area contributed by atoms with E-state index in [1.807, 2.05) is 30.3 Å². The first-order valence-electron chi connectivity index (χ1n) is 5.74. The van der Waals surface area contributed by atoms with Gasteiger partial charge in [-0.15, -0.1) is 9.24 Å². The summed E-state index contributed by atoms with van der Waals surface area (Å²) in [6.45, 7) is 12.5. The van der Waals surface area contributed by atoms with E-state index in [9.17, 15) is 0 Å². The quantitative estimate of drug-likeness (QED) is 0.264. The zero-order chi connectivity index (χ0) is 18.3. The molecule has 1 atom stereocenters. The van der Waals surface area contributed by atoms with Gasteiger partial charge in [0.2, 0.25) is 0 Å². The minimum atomic E-state index is 0. The summed E-state index contributed by atoms with van der Waals surface area (Å²) in [5.41, 5.74) is 0. The molecule has 0 saturated heterocycles. The van der Waals surface area contributed by atoms with Gasteiger partial charge in [-0.25, -0.2) is 10.6 Å². The first kappa shape index (κ1) is 56.3. The summed E-state index contributed by atoms with van der Waals surface area (Å²) in [5, 5.41) is 12.2. The first-order valence-corrected chi connectivity index (χ1v) is 6.96. The molecule has 1 unspecified atom stereocenters. The molecule has 0 saturated carbocycles. The van der Waals surface area contributed by atoms with Crippen molar-refractivity contribution < 1.29 is 63.6 Å². The van der Waals surface area contributed by atoms with Crippen molar-refractivity contribution in [2.45, 2.75) is 41.5 Å². The van der Waals surface area contributed by atoms with E-state index in [1.165, 1.54) is 17.1 Å². The maximum absolute atomic E-state index is 8.50. The van der Waals surface area contributed by atoms with Crippen LogP contribution in [-0.2, 0) is 23.7 Å². The van der Waals surface area contributed by atoms with Gasteiger partial charge in [0.05, 0.1) is 0 Å².